The molecule has 1 unspecified atom stereocenters. The van der Waals surface area contributed by atoms with E-state index in [2.05, 4.69) is 5.32 Å². The number of hydrogen-bond acceptors (Lipinski definition) is 3. The lowest BCUT2D eigenvalue weighted by Gasteiger charge is -2.30. The first-order valence-corrected chi connectivity index (χ1v) is 7.31. The van der Waals surface area contributed by atoms with Crippen molar-refractivity contribution in [3.63, 3.8) is 0 Å². The second kappa shape index (κ2) is 5.22. The predicted octanol–water partition coefficient (Wildman–Crippen LogP) is 3.75. The van der Waals surface area contributed by atoms with E-state index in [4.69, 9.17) is 4.74 Å². The summed E-state index contributed by atoms with van der Waals surface area (Å²) in [6, 6.07) is 9.36. The van der Waals surface area contributed by atoms with Crippen molar-refractivity contribution in [2.45, 2.75) is 25.6 Å². The Morgan fingerprint density at radius 3 is 2.46 bits per heavy atom. The van der Waals surface area contributed by atoms with Crippen LogP contribution in [0.15, 0.2) is 36.4 Å². The third-order valence-corrected chi connectivity index (χ3v) is 3.99. The standard InChI is InChI=1S/C17H14F3NO3/c1-9(2)14(22)24-16(17(18,19)20)12-8-7-10-5-3-4-6-11(10)13(12)21-15(16)23/h3-9H,1-2H3,(H,21,23). The number of rotatable bonds is 2. The van der Waals surface area contributed by atoms with Gasteiger partial charge in [-0.15, -0.1) is 0 Å². The van der Waals surface area contributed by atoms with E-state index >= 15 is 0 Å². The first-order valence-electron chi connectivity index (χ1n) is 7.31. The van der Waals surface area contributed by atoms with Crippen LogP contribution < -0.4 is 5.32 Å². The first-order chi connectivity index (χ1) is 11.2. The van der Waals surface area contributed by atoms with Crippen LogP contribution in [0.1, 0.15) is 19.4 Å². The summed E-state index contributed by atoms with van der Waals surface area (Å²) in [5, 5.41) is 3.37. The lowest BCUT2D eigenvalue weighted by molar-refractivity contribution is -0.264. The zero-order valence-electron chi connectivity index (χ0n) is 12.9. The van der Waals surface area contributed by atoms with Gasteiger partial charge in [-0.05, 0) is 5.39 Å². The van der Waals surface area contributed by atoms with E-state index in [1.807, 2.05) is 0 Å². The quantitative estimate of drug-likeness (QED) is 0.849. The van der Waals surface area contributed by atoms with Crippen LogP contribution in [0.25, 0.3) is 10.8 Å². The molecule has 7 heteroatoms. The highest BCUT2D eigenvalue weighted by atomic mass is 19.4. The Labute approximate surface area is 135 Å². The molecular formula is C17H14F3NO3. The molecule has 1 atom stereocenters. The van der Waals surface area contributed by atoms with E-state index in [1.165, 1.54) is 26.0 Å². The van der Waals surface area contributed by atoms with Gasteiger partial charge in [-0.1, -0.05) is 50.2 Å². The number of carbonyl (C=O) groups is 2. The highest BCUT2D eigenvalue weighted by Gasteiger charge is 2.69. The van der Waals surface area contributed by atoms with Gasteiger partial charge in [0.05, 0.1) is 11.6 Å². The van der Waals surface area contributed by atoms with E-state index in [0.29, 0.717) is 10.8 Å². The fourth-order valence-electron chi connectivity index (χ4n) is 2.73. The molecule has 0 saturated heterocycles. The van der Waals surface area contributed by atoms with Crippen LogP contribution in [-0.4, -0.2) is 18.1 Å². The van der Waals surface area contributed by atoms with E-state index in [0.717, 1.165) is 0 Å². The van der Waals surface area contributed by atoms with Crippen LogP contribution in [0, 0.1) is 5.92 Å². The normalized spacial score (nSPS) is 20.2. The third-order valence-electron chi connectivity index (χ3n) is 3.99. The molecule has 0 saturated carbocycles. The second-order valence-electron chi connectivity index (χ2n) is 5.92. The molecule has 1 N–H and O–H groups in total. The van der Waals surface area contributed by atoms with E-state index in [-0.39, 0.29) is 5.69 Å². The molecule has 2 aromatic carbocycles. The molecule has 24 heavy (non-hydrogen) atoms. The molecule has 0 radical (unpaired) electrons. The van der Waals surface area contributed by atoms with Crippen molar-refractivity contribution in [2.24, 2.45) is 5.92 Å². The third kappa shape index (κ3) is 2.15. The van der Waals surface area contributed by atoms with Gasteiger partial charge < -0.3 is 10.1 Å². The first kappa shape index (κ1) is 16.3. The number of anilines is 1. The number of ether oxygens (including phenoxy) is 1. The van der Waals surface area contributed by atoms with Gasteiger partial charge in [0.1, 0.15) is 0 Å². The van der Waals surface area contributed by atoms with Gasteiger partial charge in [0.15, 0.2) is 0 Å². The van der Waals surface area contributed by atoms with Crippen molar-refractivity contribution < 1.29 is 27.5 Å². The second-order valence-corrected chi connectivity index (χ2v) is 5.92. The number of hydrogen-bond donors (Lipinski definition) is 1. The molecule has 0 aliphatic carbocycles. The van der Waals surface area contributed by atoms with Crippen molar-refractivity contribution in [3.05, 3.63) is 42.0 Å². The molecule has 2 aromatic rings. The van der Waals surface area contributed by atoms with Gasteiger partial charge >= 0.3 is 17.7 Å². The number of nitrogens with one attached hydrogen (secondary N) is 1. The van der Waals surface area contributed by atoms with Crippen LogP contribution in [0.3, 0.4) is 0 Å². The van der Waals surface area contributed by atoms with E-state index in [1.54, 1.807) is 24.3 Å². The summed E-state index contributed by atoms with van der Waals surface area (Å²) in [5.74, 6) is -3.31. The maximum Gasteiger partial charge on any atom is 0.442 e. The van der Waals surface area contributed by atoms with Gasteiger partial charge in [-0.3, -0.25) is 9.59 Å². The van der Waals surface area contributed by atoms with Crippen LogP contribution >= 0.6 is 0 Å². The van der Waals surface area contributed by atoms with Gasteiger partial charge in [0, 0.05) is 10.9 Å². The molecule has 4 nitrogen and oxygen atoms in total. The van der Waals surface area contributed by atoms with Crippen molar-refractivity contribution >= 4 is 28.3 Å². The van der Waals surface area contributed by atoms with Gasteiger partial charge in [-0.2, -0.15) is 13.2 Å². The van der Waals surface area contributed by atoms with Crippen LogP contribution in [0.4, 0.5) is 18.9 Å². The summed E-state index contributed by atoms with van der Waals surface area (Å²) in [4.78, 5) is 24.2. The number of alkyl halides is 3. The summed E-state index contributed by atoms with van der Waals surface area (Å²) < 4.78 is 46.2. The lowest BCUT2D eigenvalue weighted by atomic mass is 9.92. The Balaban J connectivity index is 2.27. The number of amides is 1. The topological polar surface area (TPSA) is 55.4 Å². The lowest BCUT2D eigenvalue weighted by Crippen LogP contribution is -2.51. The molecule has 0 spiro atoms. The highest BCUT2D eigenvalue weighted by Crippen LogP contribution is 2.51. The molecule has 0 bridgehead atoms. The molecule has 0 fully saturated rings. The smallest absolute Gasteiger partial charge is 0.434 e. The minimum atomic E-state index is -5.09. The van der Waals surface area contributed by atoms with Crippen LogP contribution in [0.5, 0.6) is 0 Å². The summed E-state index contributed by atoms with van der Waals surface area (Å²) >= 11 is 0. The zero-order chi connectivity index (χ0) is 17.7. The van der Waals surface area contributed by atoms with Crippen LogP contribution in [-0.2, 0) is 19.9 Å². The molecular weight excluding hydrogens is 323 g/mol. The van der Waals surface area contributed by atoms with Crippen molar-refractivity contribution in [1.82, 2.24) is 0 Å². The Kier molecular flexibility index (Phi) is 3.55. The molecule has 0 aromatic heterocycles. The minimum absolute atomic E-state index is 0.0204. The Morgan fingerprint density at radius 2 is 1.83 bits per heavy atom. The maximum absolute atomic E-state index is 13.8. The number of esters is 1. The average Bonchev–Trinajstić information content (AvgIpc) is 2.80. The van der Waals surface area contributed by atoms with Crippen molar-refractivity contribution in [1.29, 1.82) is 0 Å². The number of carbonyl (C=O) groups excluding carboxylic acids is 2. The Bertz CT molecular complexity index is 845. The van der Waals surface area contributed by atoms with Gasteiger partial charge in [-0.25, -0.2) is 0 Å². The fraction of sp³-hybridized carbons (Fsp3) is 0.294. The average molecular weight is 337 g/mol. The molecule has 3 rings (SSSR count). The summed E-state index contributed by atoms with van der Waals surface area (Å²) in [7, 11) is 0. The fourth-order valence-corrected chi connectivity index (χ4v) is 2.73. The zero-order valence-corrected chi connectivity index (χ0v) is 12.9. The molecule has 1 amide bonds. The van der Waals surface area contributed by atoms with E-state index < -0.39 is 35.1 Å². The van der Waals surface area contributed by atoms with Gasteiger partial charge in [0.25, 0.3) is 5.91 Å². The summed E-state index contributed by atoms with van der Waals surface area (Å²) in [5.41, 5.74) is -3.70. The number of halogens is 3. The van der Waals surface area contributed by atoms with Crippen molar-refractivity contribution in [2.75, 3.05) is 5.32 Å². The molecule has 1 aliphatic rings. The van der Waals surface area contributed by atoms with E-state index in [9.17, 15) is 22.8 Å². The largest absolute Gasteiger partial charge is 0.442 e. The molecule has 126 valence electrons. The molecule has 1 heterocycles. The summed E-state index contributed by atoms with van der Waals surface area (Å²) in [6.07, 6.45) is -5.09. The highest BCUT2D eigenvalue weighted by molar-refractivity contribution is 6.14. The predicted molar refractivity (Wildman–Crippen MR) is 81.2 cm³/mol. The maximum atomic E-state index is 13.8. The summed E-state index contributed by atoms with van der Waals surface area (Å²) in [6.45, 7) is 2.81. The number of benzene rings is 2. The minimum Gasteiger partial charge on any atom is -0.434 e. The van der Waals surface area contributed by atoms with Crippen molar-refractivity contribution in [3.8, 4) is 0 Å². The monoisotopic (exact) mass is 337 g/mol. The van der Waals surface area contributed by atoms with Crippen LogP contribution in [0.2, 0.25) is 0 Å². The molecule has 1 aliphatic heterocycles. The Hall–Kier alpha value is -2.57. The Morgan fingerprint density at radius 1 is 1.17 bits per heavy atom. The number of fused-ring (bicyclic) bond motifs is 3. The van der Waals surface area contributed by atoms with Gasteiger partial charge in [0.2, 0.25) is 0 Å². The SMILES string of the molecule is CC(C)C(=O)OC1(C(F)(F)F)C(=O)Nc2c1ccc1ccccc21.